The van der Waals surface area contributed by atoms with Crippen molar-refractivity contribution in [3.05, 3.63) is 29.6 Å². The third-order valence-electron chi connectivity index (χ3n) is 6.13. The number of piperidine rings is 1. The number of ether oxygens (including phenoxy) is 1. The number of nitrogens with one attached hydrogen (secondary N) is 1. The van der Waals surface area contributed by atoms with Gasteiger partial charge in [0.2, 0.25) is 0 Å². The van der Waals surface area contributed by atoms with Gasteiger partial charge in [0, 0.05) is 33.7 Å². The molecule has 0 saturated carbocycles. The van der Waals surface area contributed by atoms with Gasteiger partial charge in [0.1, 0.15) is 5.82 Å². The molecule has 3 aliphatic rings. The maximum atomic E-state index is 13.7. The molecule has 3 aliphatic heterocycles. The lowest BCUT2D eigenvalue weighted by molar-refractivity contribution is 0.0444. The third kappa shape index (κ3) is 2.87. The molecule has 0 aromatic heterocycles. The zero-order chi connectivity index (χ0) is 15.9. The first-order chi connectivity index (χ1) is 11.2. The summed E-state index contributed by atoms with van der Waals surface area (Å²) in [6, 6.07) is 5.20. The van der Waals surface area contributed by atoms with Crippen LogP contribution < -0.4 is 5.32 Å². The van der Waals surface area contributed by atoms with Gasteiger partial charge in [-0.3, -0.25) is 0 Å². The topological polar surface area (TPSA) is 24.5 Å². The van der Waals surface area contributed by atoms with Crippen molar-refractivity contribution >= 4 is 5.69 Å². The summed E-state index contributed by atoms with van der Waals surface area (Å²) in [5.41, 5.74) is 2.47. The number of rotatable bonds is 3. The number of anilines is 1. The summed E-state index contributed by atoms with van der Waals surface area (Å²) >= 11 is 0. The first-order valence-corrected chi connectivity index (χ1v) is 9.04. The van der Waals surface area contributed by atoms with E-state index in [9.17, 15) is 4.39 Å². The molecule has 4 rings (SSSR count). The Morgan fingerprint density at radius 3 is 3.00 bits per heavy atom. The van der Waals surface area contributed by atoms with Crippen LogP contribution in [0.25, 0.3) is 0 Å². The highest BCUT2D eigenvalue weighted by Crippen LogP contribution is 2.44. The summed E-state index contributed by atoms with van der Waals surface area (Å²) in [5.74, 6) is 0.499. The minimum absolute atomic E-state index is 0. The number of hydrogen-bond donors (Lipinski definition) is 1. The zero-order valence-electron chi connectivity index (χ0n) is 14.0. The maximum absolute atomic E-state index is 13.7. The second-order valence-electron chi connectivity index (χ2n) is 7.65. The van der Waals surface area contributed by atoms with E-state index < -0.39 is 0 Å². The van der Waals surface area contributed by atoms with Crippen molar-refractivity contribution in [3.63, 3.8) is 0 Å². The Bertz CT molecular complexity index is 573. The normalized spacial score (nSPS) is 27.8. The number of likely N-dealkylation sites (tertiary alicyclic amines) is 1. The summed E-state index contributed by atoms with van der Waals surface area (Å²) in [5, 5.41) is 3.48. The summed E-state index contributed by atoms with van der Waals surface area (Å²) in [6.07, 6.45) is 5.12. The average Bonchev–Trinajstić information content (AvgIpc) is 3.20. The van der Waals surface area contributed by atoms with Crippen LogP contribution >= 0.6 is 0 Å². The second-order valence-corrected chi connectivity index (χ2v) is 7.65. The lowest BCUT2D eigenvalue weighted by Gasteiger charge is -2.40. The van der Waals surface area contributed by atoms with E-state index in [0.717, 1.165) is 51.3 Å². The quantitative estimate of drug-likeness (QED) is 0.913. The van der Waals surface area contributed by atoms with Gasteiger partial charge in [-0.05, 0) is 68.5 Å². The molecule has 2 saturated heterocycles. The molecule has 2 fully saturated rings. The van der Waals surface area contributed by atoms with Crippen LogP contribution in [0, 0.1) is 11.7 Å². The van der Waals surface area contributed by atoms with E-state index in [-0.39, 0.29) is 14.1 Å². The SMILES string of the molecule is C[C@@H](CN1CCC2(CC1)CNc1ccc(F)cc12)[C@H]1CCCO1.[HH].[HH]. The zero-order valence-corrected chi connectivity index (χ0v) is 14.0. The molecule has 3 nitrogen and oxygen atoms in total. The average molecular weight is 322 g/mol. The van der Waals surface area contributed by atoms with Gasteiger partial charge in [0.15, 0.2) is 0 Å². The Kier molecular flexibility index (Phi) is 4.06. The van der Waals surface area contributed by atoms with Gasteiger partial charge in [-0.25, -0.2) is 4.39 Å². The number of benzene rings is 1. The van der Waals surface area contributed by atoms with Crippen molar-refractivity contribution in [1.29, 1.82) is 0 Å². The van der Waals surface area contributed by atoms with E-state index in [1.54, 1.807) is 12.1 Å². The molecule has 2 atom stereocenters. The van der Waals surface area contributed by atoms with Crippen molar-refractivity contribution in [1.82, 2.24) is 4.90 Å². The van der Waals surface area contributed by atoms with Gasteiger partial charge in [0.25, 0.3) is 0 Å². The molecular weight excluding hydrogens is 291 g/mol. The van der Waals surface area contributed by atoms with Crippen molar-refractivity contribution < 1.29 is 12.0 Å². The fourth-order valence-electron chi connectivity index (χ4n) is 4.65. The molecule has 1 N–H and O–H groups in total. The molecule has 23 heavy (non-hydrogen) atoms. The van der Waals surface area contributed by atoms with Gasteiger partial charge in [-0.1, -0.05) is 6.92 Å². The third-order valence-corrected chi connectivity index (χ3v) is 6.13. The fourth-order valence-corrected chi connectivity index (χ4v) is 4.65. The Morgan fingerprint density at radius 1 is 1.43 bits per heavy atom. The largest absolute Gasteiger partial charge is 0.384 e. The smallest absolute Gasteiger partial charge is 0.123 e. The fraction of sp³-hybridized carbons (Fsp3) is 0.684. The summed E-state index contributed by atoms with van der Waals surface area (Å²) in [7, 11) is 0. The molecule has 3 heterocycles. The first kappa shape index (κ1) is 15.4. The first-order valence-electron chi connectivity index (χ1n) is 9.04. The number of nitrogens with zero attached hydrogens (tertiary/aromatic N) is 1. The predicted octanol–water partition coefficient (Wildman–Crippen LogP) is 3.89. The highest BCUT2D eigenvalue weighted by atomic mass is 19.1. The van der Waals surface area contributed by atoms with Crippen molar-refractivity contribution in [2.24, 2.45) is 5.92 Å². The number of fused-ring (bicyclic) bond motifs is 2. The Hall–Kier alpha value is -1.13. The van der Waals surface area contributed by atoms with Gasteiger partial charge in [-0.2, -0.15) is 0 Å². The molecule has 1 aromatic rings. The number of halogens is 1. The van der Waals surface area contributed by atoms with Crippen LogP contribution in [0.3, 0.4) is 0 Å². The standard InChI is InChI=1S/C19H27FN2O.2H2/c1-14(18-3-2-10-23-18)12-22-8-6-19(7-9-22)13-21-17-5-4-15(20)11-16(17)19;;/h4-5,11,14,18,21H,2-3,6-10,12-13H2,1H3;2*1H/t14-,18+;;/m0../s1. The van der Waals surface area contributed by atoms with E-state index in [4.69, 9.17) is 4.74 Å². The minimum atomic E-state index is -0.110. The number of hydrogen-bond acceptors (Lipinski definition) is 3. The van der Waals surface area contributed by atoms with Crippen molar-refractivity contribution in [2.75, 3.05) is 38.1 Å². The molecule has 4 heteroatoms. The Labute approximate surface area is 141 Å². The van der Waals surface area contributed by atoms with Crippen LogP contribution in [0.2, 0.25) is 0 Å². The highest BCUT2D eigenvalue weighted by molar-refractivity contribution is 5.60. The Balaban J connectivity index is 0.00000113. The molecule has 0 aliphatic carbocycles. The molecule has 0 bridgehead atoms. The highest BCUT2D eigenvalue weighted by Gasteiger charge is 2.41. The van der Waals surface area contributed by atoms with Gasteiger partial charge < -0.3 is 15.0 Å². The Morgan fingerprint density at radius 2 is 2.26 bits per heavy atom. The van der Waals surface area contributed by atoms with Gasteiger partial charge >= 0.3 is 0 Å². The molecule has 0 amide bonds. The summed E-state index contributed by atoms with van der Waals surface area (Å²) in [6.45, 7) is 7.56. The summed E-state index contributed by atoms with van der Waals surface area (Å²) in [4.78, 5) is 2.58. The molecular formula is C19H31FN2O. The van der Waals surface area contributed by atoms with E-state index >= 15 is 0 Å². The van der Waals surface area contributed by atoms with E-state index in [1.807, 2.05) is 6.07 Å². The van der Waals surface area contributed by atoms with Crippen LogP contribution in [0.5, 0.6) is 0 Å². The van der Waals surface area contributed by atoms with Gasteiger partial charge in [0.05, 0.1) is 6.10 Å². The van der Waals surface area contributed by atoms with E-state index in [0.29, 0.717) is 12.0 Å². The minimum Gasteiger partial charge on any atom is -0.384 e. The van der Waals surface area contributed by atoms with Crippen molar-refractivity contribution in [2.45, 2.75) is 44.1 Å². The van der Waals surface area contributed by atoms with E-state index in [1.165, 1.54) is 18.4 Å². The molecule has 1 aromatic carbocycles. The van der Waals surface area contributed by atoms with Gasteiger partial charge in [-0.15, -0.1) is 0 Å². The van der Waals surface area contributed by atoms with Crippen LogP contribution in [-0.4, -0.2) is 43.8 Å². The van der Waals surface area contributed by atoms with Crippen LogP contribution in [-0.2, 0) is 10.2 Å². The molecule has 0 unspecified atom stereocenters. The monoisotopic (exact) mass is 322 g/mol. The second kappa shape index (κ2) is 6.06. The van der Waals surface area contributed by atoms with Crippen LogP contribution in [0.15, 0.2) is 18.2 Å². The summed E-state index contributed by atoms with van der Waals surface area (Å²) < 4.78 is 19.5. The maximum Gasteiger partial charge on any atom is 0.123 e. The lowest BCUT2D eigenvalue weighted by atomic mass is 9.74. The lowest BCUT2D eigenvalue weighted by Crippen LogP contribution is -2.46. The van der Waals surface area contributed by atoms with Crippen molar-refractivity contribution in [3.8, 4) is 0 Å². The molecule has 130 valence electrons. The van der Waals surface area contributed by atoms with Crippen LogP contribution in [0.4, 0.5) is 10.1 Å². The van der Waals surface area contributed by atoms with E-state index in [2.05, 4.69) is 17.1 Å². The van der Waals surface area contributed by atoms with Crippen LogP contribution in [0.1, 0.15) is 41.0 Å². The predicted molar refractivity (Wildman–Crippen MR) is 94.6 cm³/mol. The molecule has 0 radical (unpaired) electrons. The molecule has 1 spiro atoms.